The monoisotopic (exact) mass is 273 g/mol. The van der Waals surface area contributed by atoms with Crippen molar-refractivity contribution in [2.75, 3.05) is 13.2 Å². The van der Waals surface area contributed by atoms with Crippen molar-refractivity contribution < 1.29 is 19.4 Å². The lowest BCUT2D eigenvalue weighted by Gasteiger charge is -2.17. The number of aliphatic hydroxyl groups is 1. The molecule has 0 aromatic rings. The van der Waals surface area contributed by atoms with Crippen molar-refractivity contribution in [1.82, 2.24) is 5.32 Å². The molecule has 0 bridgehead atoms. The summed E-state index contributed by atoms with van der Waals surface area (Å²) in [6.07, 6.45) is 1.24. The van der Waals surface area contributed by atoms with E-state index in [1.807, 2.05) is 27.7 Å². The average Bonchev–Trinajstić information content (AvgIpc) is 2.71. The number of amides is 1. The molecule has 0 aromatic heterocycles. The average molecular weight is 273 g/mol. The summed E-state index contributed by atoms with van der Waals surface area (Å²) in [5.74, 6) is -0.280. The number of carbonyl (C=O) groups is 1. The van der Waals surface area contributed by atoms with Gasteiger partial charge in [0.2, 0.25) is 5.91 Å². The van der Waals surface area contributed by atoms with Gasteiger partial charge < -0.3 is 19.9 Å². The molecule has 3 unspecified atom stereocenters. The number of carbonyl (C=O) groups excluding carboxylic acids is 1. The lowest BCUT2D eigenvalue weighted by molar-refractivity contribution is -0.128. The molecule has 1 aliphatic heterocycles. The minimum Gasteiger partial charge on any atom is -0.394 e. The first kappa shape index (κ1) is 16.4. The van der Waals surface area contributed by atoms with E-state index in [1.54, 1.807) is 0 Å². The normalized spacial score (nSPS) is 27.2. The summed E-state index contributed by atoms with van der Waals surface area (Å²) in [6, 6.07) is 0.107. The molecule has 5 nitrogen and oxygen atoms in total. The molecular weight excluding hydrogens is 246 g/mol. The molecule has 0 aliphatic carbocycles. The molecule has 19 heavy (non-hydrogen) atoms. The highest BCUT2D eigenvalue weighted by Crippen LogP contribution is 2.28. The number of aliphatic hydroxyl groups excluding tert-OH is 1. The molecule has 1 heterocycles. The largest absolute Gasteiger partial charge is 0.394 e. The van der Waals surface area contributed by atoms with Crippen LogP contribution in [-0.2, 0) is 14.3 Å². The first-order valence-electron chi connectivity index (χ1n) is 7.12. The second kappa shape index (κ2) is 7.82. The molecule has 1 saturated heterocycles. The van der Waals surface area contributed by atoms with E-state index in [-0.39, 0.29) is 42.8 Å². The molecule has 2 N–H and O–H groups in total. The van der Waals surface area contributed by atoms with Crippen molar-refractivity contribution in [1.29, 1.82) is 0 Å². The van der Waals surface area contributed by atoms with Crippen LogP contribution in [-0.4, -0.2) is 48.6 Å². The Kier molecular flexibility index (Phi) is 6.75. The summed E-state index contributed by atoms with van der Waals surface area (Å²) >= 11 is 0. The Morgan fingerprint density at radius 1 is 1.42 bits per heavy atom. The first-order chi connectivity index (χ1) is 8.93. The predicted molar refractivity (Wildman–Crippen MR) is 72.8 cm³/mol. The lowest BCUT2D eigenvalue weighted by atomic mass is 9.97. The van der Waals surface area contributed by atoms with E-state index in [4.69, 9.17) is 9.47 Å². The van der Waals surface area contributed by atoms with Gasteiger partial charge in [-0.05, 0) is 40.5 Å². The minimum absolute atomic E-state index is 0.00110. The Hall–Kier alpha value is -0.650. The summed E-state index contributed by atoms with van der Waals surface area (Å²) in [5, 5.41) is 12.2. The number of nitrogens with one attached hydrogen (secondary N) is 1. The number of rotatable bonds is 7. The summed E-state index contributed by atoms with van der Waals surface area (Å²) in [6.45, 7) is 8.35. The number of hydrogen-bond acceptors (Lipinski definition) is 4. The summed E-state index contributed by atoms with van der Waals surface area (Å²) in [7, 11) is 0. The standard InChI is InChI=1S/C14H27NO4/c1-9(2)15-14(17)12-7-11(19-13(12)8-16)5-6-18-10(3)4/h9-13,16H,5-8H2,1-4H3,(H,15,17). The number of hydrogen-bond donors (Lipinski definition) is 2. The van der Waals surface area contributed by atoms with Crippen LogP contribution in [0.4, 0.5) is 0 Å². The maximum atomic E-state index is 12.0. The van der Waals surface area contributed by atoms with Gasteiger partial charge in [-0.3, -0.25) is 4.79 Å². The highest BCUT2D eigenvalue weighted by molar-refractivity contribution is 5.79. The van der Waals surface area contributed by atoms with Crippen molar-refractivity contribution in [3.05, 3.63) is 0 Å². The third-order valence-corrected chi connectivity index (χ3v) is 3.17. The summed E-state index contributed by atoms with van der Waals surface area (Å²) in [5.41, 5.74) is 0. The molecule has 1 aliphatic rings. The van der Waals surface area contributed by atoms with Crippen LogP contribution in [0.2, 0.25) is 0 Å². The Morgan fingerprint density at radius 2 is 2.11 bits per heavy atom. The van der Waals surface area contributed by atoms with Crippen LogP contribution in [0.3, 0.4) is 0 Å². The molecule has 1 amide bonds. The van der Waals surface area contributed by atoms with Crippen molar-refractivity contribution in [3.63, 3.8) is 0 Å². The van der Waals surface area contributed by atoms with Crippen LogP contribution < -0.4 is 5.32 Å². The second-order valence-corrected chi connectivity index (χ2v) is 5.69. The minimum atomic E-state index is -0.386. The Morgan fingerprint density at radius 3 is 2.63 bits per heavy atom. The lowest BCUT2D eigenvalue weighted by Crippen LogP contribution is -2.39. The van der Waals surface area contributed by atoms with E-state index in [1.165, 1.54) is 0 Å². The van der Waals surface area contributed by atoms with Gasteiger partial charge in [0.25, 0.3) is 0 Å². The van der Waals surface area contributed by atoms with Gasteiger partial charge in [-0.15, -0.1) is 0 Å². The highest BCUT2D eigenvalue weighted by Gasteiger charge is 2.39. The quantitative estimate of drug-likeness (QED) is 0.728. The van der Waals surface area contributed by atoms with Crippen molar-refractivity contribution in [2.24, 2.45) is 5.92 Å². The van der Waals surface area contributed by atoms with Gasteiger partial charge in [0.1, 0.15) is 0 Å². The molecule has 1 fully saturated rings. The SMILES string of the molecule is CC(C)NC(=O)C1CC(CCOC(C)C)OC1CO. The first-order valence-corrected chi connectivity index (χ1v) is 7.12. The van der Waals surface area contributed by atoms with Crippen LogP contribution >= 0.6 is 0 Å². The fourth-order valence-electron chi connectivity index (χ4n) is 2.29. The molecular formula is C14H27NO4. The molecule has 5 heteroatoms. The van der Waals surface area contributed by atoms with E-state index in [0.29, 0.717) is 13.0 Å². The zero-order valence-corrected chi connectivity index (χ0v) is 12.4. The zero-order valence-electron chi connectivity index (χ0n) is 12.4. The van der Waals surface area contributed by atoms with Crippen LogP contribution in [0.1, 0.15) is 40.5 Å². The van der Waals surface area contributed by atoms with Gasteiger partial charge in [-0.25, -0.2) is 0 Å². The van der Waals surface area contributed by atoms with E-state index in [9.17, 15) is 9.90 Å². The van der Waals surface area contributed by atoms with Crippen LogP contribution in [0.5, 0.6) is 0 Å². The van der Waals surface area contributed by atoms with Crippen LogP contribution in [0, 0.1) is 5.92 Å². The second-order valence-electron chi connectivity index (χ2n) is 5.69. The predicted octanol–water partition coefficient (Wildman–Crippen LogP) is 1.09. The summed E-state index contributed by atoms with van der Waals surface area (Å²) in [4.78, 5) is 12.0. The fraction of sp³-hybridized carbons (Fsp3) is 0.929. The molecule has 0 radical (unpaired) electrons. The van der Waals surface area contributed by atoms with Gasteiger partial charge in [0.15, 0.2) is 0 Å². The van der Waals surface area contributed by atoms with E-state index >= 15 is 0 Å². The van der Waals surface area contributed by atoms with E-state index < -0.39 is 0 Å². The van der Waals surface area contributed by atoms with Crippen LogP contribution in [0.15, 0.2) is 0 Å². The van der Waals surface area contributed by atoms with Gasteiger partial charge in [0.05, 0.1) is 30.8 Å². The van der Waals surface area contributed by atoms with Gasteiger partial charge >= 0.3 is 0 Å². The smallest absolute Gasteiger partial charge is 0.226 e. The van der Waals surface area contributed by atoms with E-state index in [0.717, 1.165) is 6.42 Å². The molecule has 0 spiro atoms. The molecule has 0 saturated carbocycles. The van der Waals surface area contributed by atoms with E-state index in [2.05, 4.69) is 5.32 Å². The maximum absolute atomic E-state index is 12.0. The number of ether oxygens (including phenoxy) is 2. The maximum Gasteiger partial charge on any atom is 0.226 e. The Bertz CT molecular complexity index is 281. The van der Waals surface area contributed by atoms with Crippen LogP contribution in [0.25, 0.3) is 0 Å². The van der Waals surface area contributed by atoms with Gasteiger partial charge in [0, 0.05) is 12.6 Å². The van der Waals surface area contributed by atoms with Crippen molar-refractivity contribution >= 4 is 5.91 Å². The molecule has 3 atom stereocenters. The Balaban J connectivity index is 2.43. The van der Waals surface area contributed by atoms with Crippen molar-refractivity contribution in [2.45, 2.75) is 64.9 Å². The van der Waals surface area contributed by atoms with Gasteiger partial charge in [-0.2, -0.15) is 0 Å². The molecule has 112 valence electrons. The Labute approximate surface area is 115 Å². The topological polar surface area (TPSA) is 67.8 Å². The molecule has 1 rings (SSSR count). The molecule has 0 aromatic carbocycles. The highest BCUT2D eigenvalue weighted by atomic mass is 16.5. The zero-order chi connectivity index (χ0) is 14.4. The third kappa shape index (κ3) is 5.47. The van der Waals surface area contributed by atoms with Gasteiger partial charge in [-0.1, -0.05) is 0 Å². The third-order valence-electron chi connectivity index (χ3n) is 3.17. The summed E-state index contributed by atoms with van der Waals surface area (Å²) < 4.78 is 11.2. The fourth-order valence-corrected chi connectivity index (χ4v) is 2.29. The van der Waals surface area contributed by atoms with Crippen molar-refractivity contribution in [3.8, 4) is 0 Å².